The monoisotopic (exact) mass is 262 g/mol. The minimum atomic E-state index is -1.09. The molecule has 19 heavy (non-hydrogen) atoms. The van der Waals surface area contributed by atoms with Gasteiger partial charge in [-0.2, -0.15) is 9.49 Å². The van der Waals surface area contributed by atoms with E-state index in [1.54, 1.807) is 30.3 Å². The molecule has 0 bridgehead atoms. The number of benzene rings is 1. The summed E-state index contributed by atoms with van der Waals surface area (Å²) in [4.78, 5) is 22.0. The number of ketones is 1. The Bertz CT molecular complexity index is 608. The average Bonchev–Trinajstić information content (AvgIpc) is 2.79. The zero-order valence-electron chi connectivity index (χ0n) is 9.91. The maximum Gasteiger partial charge on any atom is 0.303 e. The zero-order chi connectivity index (χ0) is 13.8. The van der Waals surface area contributed by atoms with Crippen molar-refractivity contribution in [1.29, 1.82) is 0 Å². The third-order valence-corrected chi connectivity index (χ3v) is 2.58. The van der Waals surface area contributed by atoms with Crippen LogP contribution in [0.4, 0.5) is 4.39 Å². The van der Waals surface area contributed by atoms with Gasteiger partial charge in [-0.05, 0) is 12.1 Å². The maximum absolute atomic E-state index is 14.0. The van der Waals surface area contributed by atoms with Crippen molar-refractivity contribution in [2.45, 2.75) is 12.8 Å². The number of para-hydroxylation sites is 1. The molecule has 0 saturated carbocycles. The van der Waals surface area contributed by atoms with E-state index in [9.17, 15) is 14.0 Å². The molecule has 1 aromatic carbocycles. The zero-order valence-corrected chi connectivity index (χ0v) is 9.91. The number of rotatable bonds is 5. The molecule has 0 spiro atoms. The summed E-state index contributed by atoms with van der Waals surface area (Å²) in [6.07, 6.45) is 0.550. The molecule has 0 unspecified atom stereocenters. The van der Waals surface area contributed by atoms with Crippen LogP contribution >= 0.6 is 0 Å². The number of aliphatic carboxylic acids is 1. The van der Waals surface area contributed by atoms with Crippen LogP contribution in [0.2, 0.25) is 0 Å². The number of carbonyl (C=O) groups is 2. The van der Waals surface area contributed by atoms with E-state index in [1.165, 1.54) is 0 Å². The topological polar surface area (TPSA) is 72.2 Å². The van der Waals surface area contributed by atoms with Crippen LogP contribution in [0.5, 0.6) is 0 Å². The van der Waals surface area contributed by atoms with Gasteiger partial charge in [0.25, 0.3) is 0 Å². The normalized spacial score (nSPS) is 10.4. The molecule has 0 aliphatic carbocycles. The summed E-state index contributed by atoms with van der Waals surface area (Å²) in [5.74, 6) is -2.44. The lowest BCUT2D eigenvalue weighted by Crippen LogP contribution is -2.06. The highest BCUT2D eigenvalue weighted by molar-refractivity contribution is 5.97. The molecular weight excluding hydrogens is 251 g/mol. The first-order chi connectivity index (χ1) is 9.09. The summed E-state index contributed by atoms with van der Waals surface area (Å²) >= 11 is 0. The summed E-state index contributed by atoms with van der Waals surface area (Å²) in [5, 5.41) is 12.3. The second kappa shape index (κ2) is 5.43. The first-order valence-corrected chi connectivity index (χ1v) is 5.63. The van der Waals surface area contributed by atoms with Gasteiger partial charge in [-0.15, -0.1) is 0 Å². The van der Waals surface area contributed by atoms with Gasteiger partial charge in [0.15, 0.2) is 5.78 Å². The molecule has 0 aliphatic heterocycles. The van der Waals surface area contributed by atoms with E-state index in [4.69, 9.17) is 5.11 Å². The lowest BCUT2D eigenvalue weighted by atomic mass is 10.1. The summed E-state index contributed by atoms with van der Waals surface area (Å²) in [7, 11) is 0. The van der Waals surface area contributed by atoms with E-state index >= 15 is 0 Å². The highest BCUT2D eigenvalue weighted by atomic mass is 19.1. The number of nitrogens with zero attached hydrogens (tertiary/aromatic N) is 2. The van der Waals surface area contributed by atoms with Gasteiger partial charge in [-0.25, -0.2) is 4.68 Å². The van der Waals surface area contributed by atoms with Gasteiger partial charge in [-0.3, -0.25) is 9.59 Å². The minimum Gasteiger partial charge on any atom is -0.481 e. The summed E-state index contributed by atoms with van der Waals surface area (Å²) < 4.78 is 15.0. The standard InChI is InChI=1S/C13H11FN2O3/c14-13-10(11(17)6-7-12(18)19)8-15-16(13)9-4-2-1-3-5-9/h1-5,8H,6-7H2,(H,18,19). The number of hydrogen-bond donors (Lipinski definition) is 1. The molecule has 0 fully saturated rings. The second-order valence-electron chi connectivity index (χ2n) is 3.91. The van der Waals surface area contributed by atoms with E-state index in [0.29, 0.717) is 5.69 Å². The largest absolute Gasteiger partial charge is 0.481 e. The van der Waals surface area contributed by atoms with Crippen molar-refractivity contribution in [2.75, 3.05) is 0 Å². The highest BCUT2D eigenvalue weighted by Gasteiger charge is 2.18. The number of carbonyl (C=O) groups excluding carboxylic acids is 1. The average molecular weight is 262 g/mol. The van der Waals surface area contributed by atoms with Crippen molar-refractivity contribution in [2.24, 2.45) is 0 Å². The fourth-order valence-corrected chi connectivity index (χ4v) is 1.62. The molecule has 2 aromatic rings. The third kappa shape index (κ3) is 2.85. The Labute approximate surface area is 108 Å². The summed E-state index contributed by atoms with van der Waals surface area (Å²) in [5.41, 5.74) is 0.308. The second-order valence-corrected chi connectivity index (χ2v) is 3.91. The fourth-order valence-electron chi connectivity index (χ4n) is 1.62. The Balaban J connectivity index is 2.24. The Morgan fingerprint density at radius 1 is 1.21 bits per heavy atom. The minimum absolute atomic E-state index is 0.190. The van der Waals surface area contributed by atoms with Crippen molar-refractivity contribution in [3.8, 4) is 5.69 Å². The van der Waals surface area contributed by atoms with Crippen LogP contribution in [-0.4, -0.2) is 26.6 Å². The Morgan fingerprint density at radius 2 is 1.89 bits per heavy atom. The van der Waals surface area contributed by atoms with Crippen LogP contribution < -0.4 is 0 Å². The first-order valence-electron chi connectivity index (χ1n) is 5.63. The quantitative estimate of drug-likeness (QED) is 0.837. The SMILES string of the molecule is O=C(O)CCC(=O)c1cnn(-c2ccccc2)c1F. The van der Waals surface area contributed by atoms with E-state index in [0.717, 1.165) is 10.9 Å². The van der Waals surface area contributed by atoms with Crippen LogP contribution in [0.3, 0.4) is 0 Å². The Kier molecular flexibility index (Phi) is 3.70. The van der Waals surface area contributed by atoms with Gasteiger partial charge >= 0.3 is 5.97 Å². The number of halogens is 1. The lowest BCUT2D eigenvalue weighted by Gasteiger charge is -2.01. The van der Waals surface area contributed by atoms with E-state index in [2.05, 4.69) is 5.10 Å². The van der Waals surface area contributed by atoms with Crippen LogP contribution in [0.1, 0.15) is 23.2 Å². The van der Waals surface area contributed by atoms with Crippen molar-refractivity contribution in [1.82, 2.24) is 9.78 Å². The van der Waals surface area contributed by atoms with Crippen molar-refractivity contribution < 1.29 is 19.1 Å². The van der Waals surface area contributed by atoms with Gasteiger partial charge in [-0.1, -0.05) is 18.2 Å². The molecule has 1 aromatic heterocycles. The predicted molar refractivity (Wildman–Crippen MR) is 64.7 cm³/mol. The molecular formula is C13H11FN2O3. The number of carboxylic acid groups (broad SMARTS) is 1. The summed E-state index contributed by atoms with van der Waals surface area (Å²) in [6, 6.07) is 8.54. The van der Waals surface area contributed by atoms with Gasteiger partial charge in [0.2, 0.25) is 5.95 Å². The number of carboxylic acids is 1. The molecule has 5 nitrogen and oxygen atoms in total. The van der Waals surface area contributed by atoms with Crippen molar-refractivity contribution in [3.05, 3.63) is 48.0 Å². The van der Waals surface area contributed by atoms with E-state index < -0.39 is 17.7 Å². The Morgan fingerprint density at radius 3 is 2.53 bits per heavy atom. The number of aromatic nitrogens is 2. The van der Waals surface area contributed by atoms with E-state index in [1.807, 2.05) is 0 Å². The van der Waals surface area contributed by atoms with Crippen LogP contribution in [0, 0.1) is 5.95 Å². The molecule has 0 atom stereocenters. The number of Topliss-reactive ketones (excluding diaryl/α,β-unsaturated/α-hetero) is 1. The van der Waals surface area contributed by atoms with Gasteiger partial charge in [0, 0.05) is 6.42 Å². The first kappa shape index (κ1) is 12.9. The fraction of sp³-hybridized carbons (Fsp3) is 0.154. The van der Waals surface area contributed by atoms with Crippen molar-refractivity contribution in [3.63, 3.8) is 0 Å². The maximum atomic E-state index is 14.0. The smallest absolute Gasteiger partial charge is 0.303 e. The molecule has 0 saturated heterocycles. The van der Waals surface area contributed by atoms with Crippen LogP contribution in [-0.2, 0) is 4.79 Å². The molecule has 2 rings (SSSR count). The Hall–Kier alpha value is -2.50. The highest BCUT2D eigenvalue weighted by Crippen LogP contribution is 2.15. The summed E-state index contributed by atoms with van der Waals surface area (Å²) in [6.45, 7) is 0. The molecule has 1 heterocycles. The van der Waals surface area contributed by atoms with Crippen molar-refractivity contribution >= 4 is 11.8 Å². The lowest BCUT2D eigenvalue weighted by molar-refractivity contribution is -0.136. The third-order valence-electron chi connectivity index (χ3n) is 2.58. The predicted octanol–water partition coefficient (Wildman–Crippen LogP) is 2.06. The van der Waals surface area contributed by atoms with Gasteiger partial charge in [0.1, 0.15) is 0 Å². The molecule has 98 valence electrons. The number of hydrogen-bond acceptors (Lipinski definition) is 3. The van der Waals surface area contributed by atoms with Crippen LogP contribution in [0.15, 0.2) is 36.5 Å². The molecule has 0 aliphatic rings. The van der Waals surface area contributed by atoms with Gasteiger partial charge in [0.05, 0.1) is 23.9 Å². The van der Waals surface area contributed by atoms with Gasteiger partial charge < -0.3 is 5.11 Å². The van der Waals surface area contributed by atoms with E-state index in [-0.39, 0.29) is 18.4 Å². The molecule has 0 amide bonds. The molecule has 1 N–H and O–H groups in total. The molecule has 0 radical (unpaired) electrons. The van der Waals surface area contributed by atoms with Crippen LogP contribution in [0.25, 0.3) is 5.69 Å². The molecule has 6 heteroatoms.